The molecule has 1 N–H and O–H groups in total. The molecule has 1 heterocycles. The molecule has 0 spiro atoms. The smallest absolute Gasteiger partial charge is 0.310 e. The molecular weight excluding hydrogens is 378 g/mol. The molecule has 1 amide bonds. The molecule has 5 atom stereocenters. The number of amides is 1. The van der Waals surface area contributed by atoms with Gasteiger partial charge in [0.1, 0.15) is 17.6 Å². The molecule has 0 radical (unpaired) electrons. The van der Waals surface area contributed by atoms with Crippen LogP contribution in [0, 0.1) is 23.7 Å². The lowest BCUT2D eigenvalue weighted by Gasteiger charge is -2.23. The maximum absolute atomic E-state index is 12.9. The van der Waals surface area contributed by atoms with Crippen molar-refractivity contribution in [1.82, 2.24) is 0 Å². The Hall–Kier alpha value is -3.34. The number of nitrogens with one attached hydrogen (secondary N) is 1. The second-order valence-electron chi connectivity index (χ2n) is 8.52. The Kier molecular flexibility index (Phi) is 3.85. The number of rotatable bonds is 4. The fourth-order valence-corrected chi connectivity index (χ4v) is 5.61. The van der Waals surface area contributed by atoms with E-state index in [9.17, 15) is 9.59 Å². The molecule has 150 valence electrons. The predicted molar refractivity (Wildman–Crippen MR) is 112 cm³/mol. The van der Waals surface area contributed by atoms with Gasteiger partial charge in [0.2, 0.25) is 5.91 Å². The van der Waals surface area contributed by atoms with Crippen LogP contribution in [0.2, 0.25) is 0 Å². The van der Waals surface area contributed by atoms with Crippen LogP contribution in [0.25, 0.3) is 10.8 Å². The van der Waals surface area contributed by atoms with E-state index in [-0.39, 0.29) is 41.7 Å². The number of benzene rings is 3. The summed E-state index contributed by atoms with van der Waals surface area (Å²) in [6.07, 6.45) is 1.79. The molecular formula is C25H21NO4. The van der Waals surface area contributed by atoms with Crippen molar-refractivity contribution in [3.05, 3.63) is 66.7 Å². The molecule has 2 saturated carbocycles. The quantitative estimate of drug-likeness (QED) is 0.642. The minimum Gasteiger partial charge on any atom is -0.462 e. The molecule has 1 aliphatic heterocycles. The summed E-state index contributed by atoms with van der Waals surface area (Å²) in [7, 11) is 0. The number of hydrogen-bond donors (Lipinski definition) is 1. The fraction of sp³-hybridized carbons (Fsp3) is 0.280. The number of ether oxygens (including phenoxy) is 2. The zero-order valence-electron chi connectivity index (χ0n) is 16.3. The predicted octanol–water partition coefficient (Wildman–Crippen LogP) is 4.77. The number of anilines is 1. The first kappa shape index (κ1) is 17.5. The standard InChI is InChI=1S/C25H21NO4/c27-24(22-15-12-19-21(13-15)30-25(28)23(19)22)26-16-8-10-17(11-9-16)29-20-7-3-5-14-4-1-2-6-18(14)20/h1-11,15,19,21-23H,12-13H2,(H,26,27)/t15-,19+,21-,22-,23+/m1/s1. The highest BCUT2D eigenvalue weighted by molar-refractivity contribution is 5.97. The molecule has 3 fully saturated rings. The van der Waals surface area contributed by atoms with Crippen LogP contribution in [0.5, 0.6) is 11.5 Å². The Morgan fingerprint density at radius 1 is 0.967 bits per heavy atom. The number of carbonyl (C=O) groups is 2. The van der Waals surface area contributed by atoms with Gasteiger partial charge in [-0.2, -0.15) is 0 Å². The van der Waals surface area contributed by atoms with Crippen molar-refractivity contribution < 1.29 is 19.1 Å². The van der Waals surface area contributed by atoms with Crippen molar-refractivity contribution in [2.24, 2.45) is 23.7 Å². The van der Waals surface area contributed by atoms with Gasteiger partial charge in [0.25, 0.3) is 0 Å². The fourth-order valence-electron chi connectivity index (χ4n) is 5.61. The van der Waals surface area contributed by atoms with E-state index in [4.69, 9.17) is 9.47 Å². The lowest BCUT2D eigenvalue weighted by Crippen LogP contribution is -2.35. The zero-order chi connectivity index (χ0) is 20.2. The summed E-state index contributed by atoms with van der Waals surface area (Å²) in [6, 6.07) is 21.4. The first-order chi connectivity index (χ1) is 14.7. The summed E-state index contributed by atoms with van der Waals surface area (Å²) >= 11 is 0. The first-order valence-electron chi connectivity index (χ1n) is 10.4. The lowest BCUT2D eigenvalue weighted by atomic mass is 9.79. The van der Waals surface area contributed by atoms with Crippen molar-refractivity contribution in [3.8, 4) is 11.5 Å². The maximum atomic E-state index is 12.9. The summed E-state index contributed by atoms with van der Waals surface area (Å²) < 4.78 is 11.5. The number of hydrogen-bond acceptors (Lipinski definition) is 4. The van der Waals surface area contributed by atoms with Crippen LogP contribution in [0.15, 0.2) is 66.7 Å². The van der Waals surface area contributed by atoms with Gasteiger partial charge in [-0.05, 0) is 54.5 Å². The SMILES string of the molecule is O=C(Nc1ccc(Oc2cccc3ccccc23)cc1)[C@@H]1[C@@H]2C[C@@H]3[C@@H]1C(=O)O[C@@H]3C2. The third-order valence-electron chi connectivity index (χ3n) is 6.89. The third kappa shape index (κ3) is 2.69. The van der Waals surface area contributed by atoms with E-state index in [0.717, 1.165) is 29.4 Å². The van der Waals surface area contributed by atoms with E-state index in [1.54, 1.807) is 0 Å². The highest BCUT2D eigenvalue weighted by atomic mass is 16.6. The minimum atomic E-state index is -0.271. The van der Waals surface area contributed by atoms with Gasteiger partial charge in [-0.3, -0.25) is 9.59 Å². The molecule has 6 rings (SSSR count). The molecule has 3 aromatic carbocycles. The molecule has 2 bridgehead atoms. The van der Waals surface area contributed by atoms with Crippen molar-refractivity contribution in [2.75, 3.05) is 5.32 Å². The van der Waals surface area contributed by atoms with Crippen molar-refractivity contribution in [1.29, 1.82) is 0 Å². The number of fused-ring (bicyclic) bond motifs is 2. The average Bonchev–Trinajstić information content (AvgIpc) is 3.38. The van der Waals surface area contributed by atoms with Crippen LogP contribution in [-0.2, 0) is 14.3 Å². The topological polar surface area (TPSA) is 64.6 Å². The third-order valence-corrected chi connectivity index (χ3v) is 6.89. The summed E-state index contributed by atoms with van der Waals surface area (Å²) in [4.78, 5) is 25.1. The van der Waals surface area contributed by atoms with Gasteiger partial charge < -0.3 is 14.8 Å². The first-order valence-corrected chi connectivity index (χ1v) is 10.4. The molecule has 30 heavy (non-hydrogen) atoms. The monoisotopic (exact) mass is 399 g/mol. The largest absolute Gasteiger partial charge is 0.462 e. The zero-order valence-corrected chi connectivity index (χ0v) is 16.3. The lowest BCUT2D eigenvalue weighted by molar-refractivity contribution is -0.145. The Bertz CT molecular complexity index is 1150. The van der Waals surface area contributed by atoms with Crippen LogP contribution in [0.3, 0.4) is 0 Å². The summed E-state index contributed by atoms with van der Waals surface area (Å²) in [5.41, 5.74) is 0.705. The van der Waals surface area contributed by atoms with Gasteiger partial charge in [-0.25, -0.2) is 0 Å². The highest BCUT2D eigenvalue weighted by Crippen LogP contribution is 2.57. The Morgan fingerprint density at radius 2 is 1.77 bits per heavy atom. The van der Waals surface area contributed by atoms with E-state index in [1.165, 1.54) is 0 Å². The van der Waals surface area contributed by atoms with Gasteiger partial charge in [0, 0.05) is 17.0 Å². The molecule has 3 aliphatic rings. The molecule has 5 heteroatoms. The van der Waals surface area contributed by atoms with Gasteiger partial charge in [-0.1, -0.05) is 36.4 Å². The van der Waals surface area contributed by atoms with Crippen LogP contribution in [0.1, 0.15) is 12.8 Å². The van der Waals surface area contributed by atoms with E-state index in [0.29, 0.717) is 11.4 Å². The molecule has 1 saturated heterocycles. The maximum Gasteiger partial charge on any atom is 0.310 e. The van der Waals surface area contributed by atoms with Crippen molar-refractivity contribution >= 4 is 28.3 Å². The van der Waals surface area contributed by atoms with Crippen LogP contribution >= 0.6 is 0 Å². The minimum absolute atomic E-state index is 0.0436. The van der Waals surface area contributed by atoms with Crippen LogP contribution in [0.4, 0.5) is 5.69 Å². The number of carbonyl (C=O) groups excluding carboxylic acids is 2. The van der Waals surface area contributed by atoms with Gasteiger partial charge in [0.05, 0.1) is 11.8 Å². The molecule has 0 unspecified atom stereocenters. The normalized spacial score (nSPS) is 28.5. The van der Waals surface area contributed by atoms with Crippen LogP contribution in [-0.4, -0.2) is 18.0 Å². The van der Waals surface area contributed by atoms with Gasteiger partial charge in [0.15, 0.2) is 0 Å². The molecule has 5 nitrogen and oxygen atoms in total. The van der Waals surface area contributed by atoms with E-state index >= 15 is 0 Å². The van der Waals surface area contributed by atoms with E-state index in [2.05, 4.69) is 17.4 Å². The Morgan fingerprint density at radius 3 is 2.63 bits per heavy atom. The second kappa shape index (κ2) is 6.59. The van der Waals surface area contributed by atoms with Crippen molar-refractivity contribution in [2.45, 2.75) is 18.9 Å². The second-order valence-corrected chi connectivity index (χ2v) is 8.52. The Labute approximate surface area is 174 Å². The van der Waals surface area contributed by atoms with Crippen LogP contribution < -0.4 is 10.1 Å². The molecule has 3 aromatic rings. The Balaban J connectivity index is 1.17. The van der Waals surface area contributed by atoms with Crippen molar-refractivity contribution in [3.63, 3.8) is 0 Å². The van der Waals surface area contributed by atoms with E-state index < -0.39 is 0 Å². The highest BCUT2D eigenvalue weighted by Gasteiger charge is 2.63. The van der Waals surface area contributed by atoms with Gasteiger partial charge >= 0.3 is 5.97 Å². The molecule has 0 aromatic heterocycles. The summed E-state index contributed by atoms with van der Waals surface area (Å²) in [5.74, 6) is 1.18. The van der Waals surface area contributed by atoms with Gasteiger partial charge in [-0.15, -0.1) is 0 Å². The summed E-state index contributed by atoms with van der Waals surface area (Å²) in [5, 5.41) is 5.16. The van der Waals surface area contributed by atoms with E-state index in [1.807, 2.05) is 54.6 Å². The molecule has 2 aliphatic carbocycles. The average molecular weight is 399 g/mol. The number of esters is 1. The summed E-state index contributed by atoms with van der Waals surface area (Å²) in [6.45, 7) is 0.